The molecule has 2 rings (SSSR count). The zero-order chi connectivity index (χ0) is 13.1. The molecule has 1 aromatic heterocycles. The van der Waals surface area contributed by atoms with Crippen LogP contribution in [-0.2, 0) is 4.74 Å². The van der Waals surface area contributed by atoms with Crippen molar-refractivity contribution in [3.05, 3.63) is 24.0 Å². The molecule has 1 fully saturated rings. The molecule has 1 saturated heterocycles. The Morgan fingerprint density at radius 1 is 1.06 bits per heavy atom. The maximum atomic E-state index is 5.28. The molecule has 1 aliphatic heterocycles. The molecular weight excluding hydrogens is 212 g/mol. The van der Waals surface area contributed by atoms with Crippen molar-refractivity contribution in [1.29, 1.82) is 0 Å². The van der Waals surface area contributed by atoms with Crippen molar-refractivity contribution in [2.75, 3.05) is 31.2 Å². The molecule has 17 heavy (non-hydrogen) atoms. The van der Waals surface area contributed by atoms with Crippen LogP contribution in [0.3, 0.4) is 0 Å². The lowest BCUT2D eigenvalue weighted by molar-refractivity contribution is 0.122. The average Bonchev–Trinajstić information content (AvgIpc) is 2.45. The van der Waals surface area contributed by atoms with Gasteiger partial charge in [0.2, 0.25) is 0 Å². The summed E-state index contributed by atoms with van der Waals surface area (Å²) in [4.78, 5) is 6.57. The first-order chi connectivity index (χ1) is 8.36. The smallest absolute Gasteiger partial charge is 0.0642 e. The average molecular weight is 238 g/mol. The summed E-state index contributed by atoms with van der Waals surface area (Å²) in [6, 6.07) is 4.17. The lowest BCUT2D eigenvalue weighted by atomic mass is 10.3. The summed E-state index contributed by atoms with van der Waals surface area (Å²) in [6.45, 7) is 13.6. The maximum Gasteiger partial charge on any atom is 0.0642 e. The quantitative estimate of drug-likeness (QED) is 0.751. The van der Waals surface area contributed by atoms with E-state index >= 15 is 0 Å². The number of hydrogen-bond acceptors (Lipinski definition) is 3. The number of anilines is 1. The van der Waals surface area contributed by atoms with Crippen molar-refractivity contribution in [1.82, 2.24) is 4.98 Å². The highest BCUT2D eigenvalue weighted by atomic mass is 16.5. The second kappa shape index (κ2) is 10.1. The molecule has 0 aliphatic carbocycles. The minimum atomic E-state index is 0.827. The Morgan fingerprint density at radius 2 is 1.65 bits per heavy atom. The van der Waals surface area contributed by atoms with Crippen molar-refractivity contribution in [3.8, 4) is 0 Å². The van der Waals surface area contributed by atoms with Gasteiger partial charge in [-0.1, -0.05) is 27.7 Å². The van der Waals surface area contributed by atoms with E-state index in [-0.39, 0.29) is 0 Å². The number of morpholine rings is 1. The second-order valence-corrected chi connectivity index (χ2v) is 3.26. The fourth-order valence-electron chi connectivity index (χ4n) is 1.47. The van der Waals surface area contributed by atoms with Crippen molar-refractivity contribution in [2.24, 2.45) is 0 Å². The molecule has 0 N–H and O–H groups in total. The zero-order valence-corrected chi connectivity index (χ0v) is 11.9. The van der Waals surface area contributed by atoms with Crippen molar-refractivity contribution in [3.63, 3.8) is 0 Å². The second-order valence-electron chi connectivity index (χ2n) is 3.26. The maximum absolute atomic E-state index is 5.28. The van der Waals surface area contributed by atoms with Gasteiger partial charge in [-0.2, -0.15) is 0 Å². The number of ether oxygens (including phenoxy) is 1. The summed E-state index contributed by atoms with van der Waals surface area (Å²) in [5.41, 5.74) is 2.27. The Hall–Kier alpha value is -1.09. The van der Waals surface area contributed by atoms with Gasteiger partial charge in [0.25, 0.3) is 0 Å². The molecule has 0 unspecified atom stereocenters. The van der Waals surface area contributed by atoms with E-state index in [1.807, 2.05) is 46.9 Å². The lowest BCUT2D eigenvalue weighted by Crippen LogP contribution is -2.36. The predicted molar refractivity (Wildman–Crippen MR) is 74.7 cm³/mol. The predicted octanol–water partition coefficient (Wildman–Crippen LogP) is 3.28. The van der Waals surface area contributed by atoms with E-state index in [9.17, 15) is 0 Å². The Kier molecular flexibility index (Phi) is 9.44. The number of aryl methyl sites for hydroxylation is 1. The molecule has 0 amide bonds. The van der Waals surface area contributed by atoms with E-state index in [0.29, 0.717) is 0 Å². The van der Waals surface area contributed by atoms with Crippen molar-refractivity contribution < 1.29 is 4.74 Å². The van der Waals surface area contributed by atoms with Gasteiger partial charge in [-0.15, -0.1) is 0 Å². The standard InChI is InChI=1S/C10H14N2O.2C2H6/c1-9-2-3-10(8-11-9)12-4-6-13-7-5-12;2*1-2/h2-3,8H,4-7H2,1H3;2*1-2H3. The van der Waals surface area contributed by atoms with Crippen LogP contribution in [0.25, 0.3) is 0 Å². The fourth-order valence-corrected chi connectivity index (χ4v) is 1.47. The van der Waals surface area contributed by atoms with Gasteiger partial charge < -0.3 is 9.64 Å². The van der Waals surface area contributed by atoms with E-state index in [2.05, 4.69) is 16.0 Å². The molecule has 0 atom stereocenters. The summed E-state index contributed by atoms with van der Waals surface area (Å²) in [6.07, 6.45) is 1.93. The van der Waals surface area contributed by atoms with Crippen LogP contribution < -0.4 is 4.90 Å². The minimum absolute atomic E-state index is 0.827. The first-order valence-electron chi connectivity index (χ1n) is 6.61. The van der Waals surface area contributed by atoms with Gasteiger partial charge in [-0.05, 0) is 19.1 Å². The molecule has 98 valence electrons. The molecule has 0 saturated carbocycles. The number of pyridine rings is 1. The van der Waals surface area contributed by atoms with Crippen LogP contribution in [0.2, 0.25) is 0 Å². The summed E-state index contributed by atoms with van der Waals surface area (Å²) in [5.74, 6) is 0. The molecule has 0 spiro atoms. The lowest BCUT2D eigenvalue weighted by Gasteiger charge is -2.28. The Labute approximate surface area is 106 Å². The highest BCUT2D eigenvalue weighted by Gasteiger charge is 2.10. The number of nitrogens with zero attached hydrogens (tertiary/aromatic N) is 2. The molecule has 2 heterocycles. The molecule has 1 aliphatic rings. The van der Waals surface area contributed by atoms with Crippen molar-refractivity contribution >= 4 is 5.69 Å². The van der Waals surface area contributed by atoms with Gasteiger partial charge in [-0.3, -0.25) is 4.98 Å². The van der Waals surface area contributed by atoms with Gasteiger partial charge >= 0.3 is 0 Å². The molecule has 3 heteroatoms. The Bertz CT molecular complexity index is 266. The third kappa shape index (κ3) is 5.68. The topological polar surface area (TPSA) is 25.4 Å². The molecule has 0 bridgehead atoms. The SMILES string of the molecule is CC.CC.Cc1ccc(N2CCOCC2)cn1. The van der Waals surface area contributed by atoms with E-state index in [1.54, 1.807) is 0 Å². The minimum Gasteiger partial charge on any atom is -0.378 e. The third-order valence-electron chi connectivity index (χ3n) is 2.27. The normalized spacial score (nSPS) is 14.1. The molecule has 0 radical (unpaired) electrons. The summed E-state index contributed by atoms with van der Waals surface area (Å²) in [7, 11) is 0. The van der Waals surface area contributed by atoms with Crippen LogP contribution in [0.15, 0.2) is 18.3 Å². The number of aromatic nitrogens is 1. The van der Waals surface area contributed by atoms with Gasteiger partial charge in [0.15, 0.2) is 0 Å². The summed E-state index contributed by atoms with van der Waals surface area (Å²) in [5, 5.41) is 0. The number of hydrogen-bond donors (Lipinski definition) is 0. The Balaban J connectivity index is 0.000000581. The third-order valence-corrected chi connectivity index (χ3v) is 2.27. The Morgan fingerprint density at radius 3 is 2.12 bits per heavy atom. The summed E-state index contributed by atoms with van der Waals surface area (Å²) >= 11 is 0. The van der Waals surface area contributed by atoms with Crippen LogP contribution in [-0.4, -0.2) is 31.3 Å². The van der Waals surface area contributed by atoms with Crippen LogP contribution in [0.5, 0.6) is 0 Å². The molecule has 0 aromatic carbocycles. The van der Waals surface area contributed by atoms with Gasteiger partial charge in [0, 0.05) is 18.8 Å². The largest absolute Gasteiger partial charge is 0.378 e. The highest BCUT2D eigenvalue weighted by Crippen LogP contribution is 2.13. The van der Waals surface area contributed by atoms with Crippen LogP contribution in [0, 0.1) is 6.92 Å². The van der Waals surface area contributed by atoms with Gasteiger partial charge in [-0.25, -0.2) is 0 Å². The summed E-state index contributed by atoms with van der Waals surface area (Å²) < 4.78 is 5.28. The van der Waals surface area contributed by atoms with Crippen LogP contribution >= 0.6 is 0 Å². The van der Waals surface area contributed by atoms with Crippen molar-refractivity contribution in [2.45, 2.75) is 34.6 Å². The van der Waals surface area contributed by atoms with Gasteiger partial charge in [0.1, 0.15) is 0 Å². The fraction of sp³-hybridized carbons (Fsp3) is 0.643. The van der Waals surface area contributed by atoms with Crippen LogP contribution in [0.4, 0.5) is 5.69 Å². The molecular formula is C14H26N2O. The monoisotopic (exact) mass is 238 g/mol. The molecule has 1 aromatic rings. The zero-order valence-electron chi connectivity index (χ0n) is 11.9. The number of rotatable bonds is 1. The van der Waals surface area contributed by atoms with E-state index in [0.717, 1.165) is 32.0 Å². The van der Waals surface area contributed by atoms with Gasteiger partial charge in [0.05, 0.1) is 25.1 Å². The van der Waals surface area contributed by atoms with E-state index in [4.69, 9.17) is 4.74 Å². The van der Waals surface area contributed by atoms with Crippen LogP contribution in [0.1, 0.15) is 33.4 Å². The molecule has 3 nitrogen and oxygen atoms in total. The first-order valence-corrected chi connectivity index (χ1v) is 6.61. The van der Waals surface area contributed by atoms with E-state index in [1.165, 1.54) is 5.69 Å². The first kappa shape index (κ1) is 15.9. The highest BCUT2D eigenvalue weighted by molar-refractivity contribution is 5.44. The van der Waals surface area contributed by atoms with E-state index < -0.39 is 0 Å².